The maximum absolute atomic E-state index is 11.6. The standard InChI is InChI=1S/C10H10N2O4S/c1-2-16-10(15)8-5(3-7(13)14)6(4-11)9(12)17-8/h2-3,12H2,1H3,(H,13,14). The number of nitrogens with zero attached hydrogens (tertiary/aromatic N) is 1. The molecule has 0 aromatic carbocycles. The first kappa shape index (κ1) is 13.0. The van der Waals surface area contributed by atoms with E-state index in [0.29, 0.717) is 0 Å². The van der Waals surface area contributed by atoms with Gasteiger partial charge in [0.25, 0.3) is 0 Å². The van der Waals surface area contributed by atoms with E-state index in [1.165, 1.54) is 0 Å². The zero-order valence-electron chi connectivity index (χ0n) is 9.02. The average molecular weight is 254 g/mol. The number of rotatable bonds is 4. The van der Waals surface area contributed by atoms with Crippen LogP contribution >= 0.6 is 11.3 Å². The molecule has 17 heavy (non-hydrogen) atoms. The quantitative estimate of drug-likeness (QED) is 0.775. The second-order valence-electron chi connectivity index (χ2n) is 3.05. The molecular weight excluding hydrogens is 244 g/mol. The molecular formula is C10H10N2O4S. The van der Waals surface area contributed by atoms with Crippen molar-refractivity contribution in [3.63, 3.8) is 0 Å². The minimum atomic E-state index is -1.13. The van der Waals surface area contributed by atoms with Gasteiger partial charge in [0, 0.05) is 5.56 Å². The van der Waals surface area contributed by atoms with E-state index in [2.05, 4.69) is 0 Å². The van der Waals surface area contributed by atoms with Gasteiger partial charge < -0.3 is 15.6 Å². The molecule has 0 atom stereocenters. The van der Waals surface area contributed by atoms with Gasteiger partial charge in [-0.1, -0.05) is 0 Å². The molecule has 0 spiro atoms. The molecule has 0 saturated carbocycles. The van der Waals surface area contributed by atoms with Crippen molar-refractivity contribution in [1.82, 2.24) is 0 Å². The molecule has 3 N–H and O–H groups in total. The molecule has 6 nitrogen and oxygen atoms in total. The monoisotopic (exact) mass is 254 g/mol. The maximum atomic E-state index is 11.6. The van der Waals surface area contributed by atoms with Gasteiger partial charge in [0.1, 0.15) is 15.9 Å². The van der Waals surface area contributed by atoms with E-state index in [9.17, 15) is 9.59 Å². The number of hydrogen-bond acceptors (Lipinski definition) is 6. The number of anilines is 1. The Labute approximate surface area is 101 Å². The number of ether oxygens (including phenoxy) is 1. The van der Waals surface area contributed by atoms with E-state index in [-0.39, 0.29) is 27.6 Å². The molecule has 1 rings (SSSR count). The van der Waals surface area contributed by atoms with Crippen molar-refractivity contribution < 1.29 is 19.4 Å². The van der Waals surface area contributed by atoms with E-state index >= 15 is 0 Å². The highest BCUT2D eigenvalue weighted by atomic mass is 32.1. The first-order valence-corrected chi connectivity index (χ1v) is 5.53. The lowest BCUT2D eigenvalue weighted by Gasteiger charge is -2.01. The summed E-state index contributed by atoms with van der Waals surface area (Å²) in [5.74, 6) is -1.79. The van der Waals surface area contributed by atoms with Crippen molar-refractivity contribution in [3.8, 4) is 6.07 Å². The number of nitriles is 1. The second-order valence-corrected chi connectivity index (χ2v) is 4.10. The zero-order valence-corrected chi connectivity index (χ0v) is 9.84. The van der Waals surface area contributed by atoms with Crippen LogP contribution in [0.15, 0.2) is 0 Å². The highest BCUT2D eigenvalue weighted by Crippen LogP contribution is 2.31. The summed E-state index contributed by atoms with van der Waals surface area (Å²) in [6, 6.07) is 1.80. The van der Waals surface area contributed by atoms with Gasteiger partial charge in [-0.2, -0.15) is 5.26 Å². The van der Waals surface area contributed by atoms with Crippen LogP contribution in [0.25, 0.3) is 0 Å². The molecule has 1 aromatic rings. The van der Waals surface area contributed by atoms with Crippen LogP contribution in [0, 0.1) is 11.3 Å². The fourth-order valence-electron chi connectivity index (χ4n) is 1.29. The Morgan fingerprint density at radius 3 is 2.71 bits per heavy atom. The van der Waals surface area contributed by atoms with Crippen molar-refractivity contribution in [2.24, 2.45) is 0 Å². The fourth-order valence-corrected chi connectivity index (χ4v) is 2.22. The number of aliphatic carboxylic acids is 1. The normalized spacial score (nSPS) is 9.65. The van der Waals surface area contributed by atoms with Gasteiger partial charge in [0.2, 0.25) is 0 Å². The van der Waals surface area contributed by atoms with Crippen LogP contribution in [-0.4, -0.2) is 23.7 Å². The molecule has 1 heterocycles. The lowest BCUT2D eigenvalue weighted by Crippen LogP contribution is -2.09. The van der Waals surface area contributed by atoms with E-state index in [0.717, 1.165) is 11.3 Å². The Morgan fingerprint density at radius 2 is 2.24 bits per heavy atom. The molecule has 0 amide bonds. The summed E-state index contributed by atoms with van der Waals surface area (Å²) in [5.41, 5.74) is 5.73. The summed E-state index contributed by atoms with van der Waals surface area (Å²) >= 11 is 0.873. The Morgan fingerprint density at radius 1 is 1.59 bits per heavy atom. The number of nitrogens with two attached hydrogens (primary N) is 1. The molecule has 90 valence electrons. The summed E-state index contributed by atoms with van der Waals surface area (Å²) in [7, 11) is 0. The number of carbonyl (C=O) groups is 2. The SMILES string of the molecule is CCOC(=O)c1sc(N)c(C#N)c1CC(=O)O. The topological polar surface area (TPSA) is 113 Å². The highest BCUT2D eigenvalue weighted by Gasteiger charge is 2.24. The molecule has 0 aliphatic heterocycles. The van der Waals surface area contributed by atoms with Crippen molar-refractivity contribution >= 4 is 28.3 Å². The molecule has 0 saturated heterocycles. The van der Waals surface area contributed by atoms with Gasteiger partial charge in [-0.05, 0) is 6.92 Å². The van der Waals surface area contributed by atoms with E-state index in [4.69, 9.17) is 20.8 Å². The largest absolute Gasteiger partial charge is 0.481 e. The van der Waals surface area contributed by atoms with Gasteiger partial charge >= 0.3 is 11.9 Å². The first-order valence-electron chi connectivity index (χ1n) is 4.71. The number of carboxylic acids is 1. The maximum Gasteiger partial charge on any atom is 0.348 e. The summed E-state index contributed by atoms with van der Waals surface area (Å²) in [6.07, 6.45) is -0.426. The minimum Gasteiger partial charge on any atom is -0.481 e. The molecule has 0 bridgehead atoms. The molecule has 0 aliphatic rings. The predicted octanol–water partition coefficient (Wildman–Crippen LogP) is 1.01. The molecule has 1 aromatic heterocycles. The number of carbonyl (C=O) groups excluding carboxylic acids is 1. The lowest BCUT2D eigenvalue weighted by atomic mass is 10.1. The van der Waals surface area contributed by atoms with Gasteiger partial charge in [-0.25, -0.2) is 4.79 Å². The lowest BCUT2D eigenvalue weighted by molar-refractivity contribution is -0.136. The highest BCUT2D eigenvalue weighted by molar-refractivity contribution is 7.18. The smallest absolute Gasteiger partial charge is 0.348 e. The predicted molar refractivity (Wildman–Crippen MR) is 60.7 cm³/mol. The van der Waals surface area contributed by atoms with Gasteiger partial charge in [-0.3, -0.25) is 4.79 Å². The van der Waals surface area contributed by atoms with Crippen LogP contribution in [0.1, 0.15) is 27.7 Å². The number of carboxylic acid groups (broad SMARTS) is 1. The summed E-state index contributed by atoms with van der Waals surface area (Å²) in [6.45, 7) is 1.81. The number of nitrogen functional groups attached to an aromatic ring is 1. The Bertz CT molecular complexity index is 501. The molecule has 7 heteroatoms. The molecule has 0 aliphatic carbocycles. The Hall–Kier alpha value is -2.07. The first-order chi connectivity index (χ1) is 8.01. The Balaban J connectivity index is 3.25. The number of esters is 1. The van der Waals surface area contributed by atoms with Crippen molar-refractivity contribution in [1.29, 1.82) is 5.26 Å². The van der Waals surface area contributed by atoms with Gasteiger partial charge in [0.05, 0.1) is 18.6 Å². The van der Waals surface area contributed by atoms with Gasteiger partial charge in [-0.15, -0.1) is 11.3 Å². The summed E-state index contributed by atoms with van der Waals surface area (Å²) in [4.78, 5) is 22.3. The van der Waals surface area contributed by atoms with E-state index in [1.54, 1.807) is 13.0 Å². The van der Waals surface area contributed by atoms with E-state index < -0.39 is 18.4 Å². The van der Waals surface area contributed by atoms with Crippen molar-refractivity contribution in [3.05, 3.63) is 16.0 Å². The number of thiophene rings is 1. The average Bonchev–Trinajstić information content (AvgIpc) is 2.54. The van der Waals surface area contributed by atoms with Crippen LogP contribution in [0.4, 0.5) is 5.00 Å². The third kappa shape index (κ3) is 2.73. The van der Waals surface area contributed by atoms with Gasteiger partial charge in [0.15, 0.2) is 0 Å². The molecule has 0 unspecified atom stereocenters. The second kappa shape index (κ2) is 5.32. The molecule has 0 fully saturated rings. The minimum absolute atomic E-state index is 0.0421. The third-order valence-electron chi connectivity index (χ3n) is 1.93. The van der Waals surface area contributed by atoms with Crippen molar-refractivity contribution in [2.45, 2.75) is 13.3 Å². The Kier molecular flexibility index (Phi) is 4.06. The van der Waals surface area contributed by atoms with Crippen LogP contribution in [0.3, 0.4) is 0 Å². The fraction of sp³-hybridized carbons (Fsp3) is 0.300. The van der Waals surface area contributed by atoms with Crippen molar-refractivity contribution in [2.75, 3.05) is 12.3 Å². The van der Waals surface area contributed by atoms with Crippen LogP contribution < -0.4 is 5.73 Å². The van der Waals surface area contributed by atoms with Crippen LogP contribution in [0.5, 0.6) is 0 Å². The number of hydrogen-bond donors (Lipinski definition) is 2. The molecule has 0 radical (unpaired) electrons. The van der Waals surface area contributed by atoms with E-state index in [1.807, 2.05) is 0 Å². The van der Waals surface area contributed by atoms with Crippen LogP contribution in [-0.2, 0) is 16.0 Å². The summed E-state index contributed by atoms with van der Waals surface area (Å²) < 4.78 is 4.78. The summed E-state index contributed by atoms with van der Waals surface area (Å²) in [5, 5.41) is 17.7. The zero-order chi connectivity index (χ0) is 13.0. The van der Waals surface area contributed by atoms with Crippen LogP contribution in [0.2, 0.25) is 0 Å². The third-order valence-corrected chi connectivity index (χ3v) is 2.98.